The van der Waals surface area contributed by atoms with E-state index in [0.29, 0.717) is 35.9 Å². The second-order valence-corrected chi connectivity index (χ2v) is 7.09. The zero-order valence-electron chi connectivity index (χ0n) is 14.8. The zero-order valence-corrected chi connectivity index (χ0v) is 14.8. The van der Waals surface area contributed by atoms with Gasteiger partial charge in [0.1, 0.15) is 17.7 Å². The van der Waals surface area contributed by atoms with Crippen molar-refractivity contribution in [3.8, 4) is 5.75 Å². The first kappa shape index (κ1) is 16.9. The lowest BCUT2D eigenvalue weighted by atomic mass is 9.86. The van der Waals surface area contributed by atoms with Crippen LogP contribution in [0.3, 0.4) is 0 Å². The number of hydrogen-bond donors (Lipinski definition) is 0. The van der Waals surface area contributed by atoms with Gasteiger partial charge in [-0.1, -0.05) is 12.1 Å². The Labute approximate surface area is 152 Å². The van der Waals surface area contributed by atoms with Crippen LogP contribution in [0, 0.1) is 0 Å². The monoisotopic (exact) mass is 355 g/mol. The molecule has 0 N–H and O–H groups in total. The smallest absolute Gasteiger partial charge is 0.257 e. The molecule has 2 aromatic rings. The van der Waals surface area contributed by atoms with E-state index in [1.807, 2.05) is 0 Å². The zero-order chi connectivity index (χ0) is 18.1. The lowest BCUT2D eigenvalue weighted by molar-refractivity contribution is 0.0419. The Morgan fingerprint density at radius 2 is 2.08 bits per heavy atom. The van der Waals surface area contributed by atoms with E-state index in [9.17, 15) is 4.79 Å². The second-order valence-electron chi connectivity index (χ2n) is 7.09. The van der Waals surface area contributed by atoms with E-state index in [1.54, 1.807) is 42.5 Å². The predicted octanol–water partition coefficient (Wildman–Crippen LogP) is 3.46. The molecule has 1 aliphatic heterocycles. The quantitative estimate of drug-likeness (QED) is 0.843. The molecular formula is C20H22FN3O2. The summed E-state index contributed by atoms with van der Waals surface area (Å²) >= 11 is 0. The molecule has 4 rings (SSSR count). The third kappa shape index (κ3) is 3.16. The summed E-state index contributed by atoms with van der Waals surface area (Å²) in [6.07, 6.45) is 5.79. The van der Waals surface area contributed by atoms with Gasteiger partial charge in [-0.2, -0.15) is 0 Å². The number of hydrogen-bond acceptors (Lipinski definition) is 4. The third-order valence-electron chi connectivity index (χ3n) is 5.37. The molecule has 1 amide bonds. The van der Waals surface area contributed by atoms with Gasteiger partial charge in [0.2, 0.25) is 0 Å². The van der Waals surface area contributed by atoms with Crippen LogP contribution in [0.1, 0.15) is 53.2 Å². The molecule has 0 unspecified atom stereocenters. The summed E-state index contributed by atoms with van der Waals surface area (Å²) in [5, 5.41) is 0. The number of carbonyl (C=O) groups is 1. The van der Waals surface area contributed by atoms with Crippen molar-refractivity contribution in [3.05, 3.63) is 53.6 Å². The van der Waals surface area contributed by atoms with Gasteiger partial charge < -0.3 is 9.64 Å². The Hall–Kier alpha value is -2.50. The van der Waals surface area contributed by atoms with Crippen molar-refractivity contribution in [2.75, 3.05) is 20.2 Å². The number of piperidine rings is 1. The minimum Gasteiger partial charge on any atom is -0.497 e. The van der Waals surface area contributed by atoms with Gasteiger partial charge >= 0.3 is 0 Å². The van der Waals surface area contributed by atoms with Gasteiger partial charge in [-0.25, -0.2) is 14.4 Å². The van der Waals surface area contributed by atoms with Gasteiger partial charge in [0.15, 0.2) is 0 Å². The second kappa shape index (κ2) is 6.67. The van der Waals surface area contributed by atoms with Gasteiger partial charge in [0.25, 0.3) is 5.91 Å². The highest BCUT2D eigenvalue weighted by Gasteiger charge is 2.39. The highest BCUT2D eigenvalue weighted by atomic mass is 19.1. The number of methoxy groups -OCH3 is 1. The Balaban J connectivity index is 1.49. The Morgan fingerprint density at radius 3 is 2.77 bits per heavy atom. The summed E-state index contributed by atoms with van der Waals surface area (Å²) in [4.78, 5) is 23.0. The van der Waals surface area contributed by atoms with Gasteiger partial charge in [-0.05, 0) is 30.5 Å². The average Bonchev–Trinajstić information content (AvgIpc) is 3.53. The first-order valence-corrected chi connectivity index (χ1v) is 9.03. The molecule has 26 heavy (non-hydrogen) atoms. The minimum atomic E-state index is -1.43. The number of likely N-dealkylation sites (tertiary alicyclic amines) is 1. The highest BCUT2D eigenvalue weighted by Crippen LogP contribution is 2.41. The van der Waals surface area contributed by atoms with Crippen molar-refractivity contribution < 1.29 is 13.9 Å². The van der Waals surface area contributed by atoms with Crippen molar-refractivity contribution in [3.63, 3.8) is 0 Å². The van der Waals surface area contributed by atoms with E-state index >= 15 is 4.39 Å². The van der Waals surface area contributed by atoms with Crippen molar-refractivity contribution >= 4 is 5.91 Å². The summed E-state index contributed by atoms with van der Waals surface area (Å²) in [5.74, 6) is 0.938. The molecule has 1 aromatic carbocycles. The van der Waals surface area contributed by atoms with Crippen LogP contribution in [0.15, 0.2) is 36.8 Å². The van der Waals surface area contributed by atoms with Crippen molar-refractivity contribution in [2.24, 2.45) is 0 Å². The fourth-order valence-electron chi connectivity index (χ4n) is 3.61. The van der Waals surface area contributed by atoms with Crippen molar-refractivity contribution in [1.29, 1.82) is 0 Å². The van der Waals surface area contributed by atoms with Gasteiger partial charge in [0.05, 0.1) is 18.4 Å². The van der Waals surface area contributed by atoms with Crippen LogP contribution in [0.5, 0.6) is 5.75 Å². The molecule has 0 radical (unpaired) electrons. The number of aromatic nitrogens is 2. The summed E-state index contributed by atoms with van der Waals surface area (Å²) < 4.78 is 20.7. The molecule has 136 valence electrons. The maximum absolute atomic E-state index is 15.5. The average molecular weight is 355 g/mol. The SMILES string of the molecule is COc1cccc(C2(F)CCN(C(=O)c3cncnc3C3CC3)CC2)c1. The number of halogens is 1. The van der Waals surface area contributed by atoms with E-state index in [-0.39, 0.29) is 18.7 Å². The van der Waals surface area contributed by atoms with Crippen LogP contribution in [0.4, 0.5) is 4.39 Å². The lowest BCUT2D eigenvalue weighted by Crippen LogP contribution is -2.43. The Bertz CT molecular complexity index is 814. The summed E-state index contributed by atoms with van der Waals surface area (Å²) in [6, 6.07) is 7.14. The van der Waals surface area contributed by atoms with Gasteiger partial charge in [0, 0.05) is 38.0 Å². The molecule has 2 heterocycles. The van der Waals surface area contributed by atoms with Gasteiger partial charge in [-0.3, -0.25) is 4.79 Å². The number of amides is 1. The maximum Gasteiger partial charge on any atom is 0.257 e. The molecule has 1 aromatic heterocycles. The van der Waals surface area contributed by atoms with E-state index in [1.165, 1.54) is 6.33 Å². The molecule has 2 fully saturated rings. The Kier molecular flexibility index (Phi) is 4.34. The first-order valence-electron chi connectivity index (χ1n) is 9.03. The van der Waals surface area contributed by atoms with Crippen molar-refractivity contribution in [2.45, 2.75) is 37.3 Å². The first-order chi connectivity index (χ1) is 12.6. The minimum absolute atomic E-state index is 0.0832. The molecule has 6 heteroatoms. The van der Waals surface area contributed by atoms with Gasteiger partial charge in [-0.15, -0.1) is 0 Å². The summed E-state index contributed by atoms with van der Waals surface area (Å²) in [6.45, 7) is 0.761. The van der Waals surface area contributed by atoms with E-state index in [0.717, 1.165) is 18.5 Å². The normalized spacial score (nSPS) is 19.2. The van der Waals surface area contributed by atoms with E-state index < -0.39 is 5.67 Å². The topological polar surface area (TPSA) is 55.3 Å². The van der Waals surface area contributed by atoms with Crippen LogP contribution in [-0.4, -0.2) is 41.0 Å². The number of ether oxygens (including phenoxy) is 1. The number of rotatable bonds is 4. The maximum atomic E-state index is 15.5. The summed E-state index contributed by atoms with van der Waals surface area (Å²) in [7, 11) is 1.57. The molecular weight excluding hydrogens is 333 g/mol. The molecule has 0 spiro atoms. The van der Waals surface area contributed by atoms with Crippen LogP contribution < -0.4 is 4.74 Å². The molecule has 1 saturated carbocycles. The lowest BCUT2D eigenvalue weighted by Gasteiger charge is -2.37. The molecule has 0 atom stereocenters. The predicted molar refractivity (Wildman–Crippen MR) is 94.9 cm³/mol. The standard InChI is InChI=1S/C20H22FN3O2/c1-26-16-4-2-3-15(11-16)20(21)7-9-24(10-8-20)19(25)17-12-22-13-23-18(17)14-5-6-14/h2-4,11-14H,5-10H2,1H3. The third-order valence-corrected chi connectivity index (χ3v) is 5.37. The highest BCUT2D eigenvalue weighted by molar-refractivity contribution is 5.95. The molecule has 1 aliphatic carbocycles. The van der Waals surface area contributed by atoms with E-state index in [4.69, 9.17) is 4.74 Å². The fourth-order valence-corrected chi connectivity index (χ4v) is 3.61. The van der Waals surface area contributed by atoms with Crippen molar-refractivity contribution in [1.82, 2.24) is 14.9 Å². The van der Waals surface area contributed by atoms with Crippen LogP contribution in [0.2, 0.25) is 0 Å². The number of carbonyl (C=O) groups excluding carboxylic acids is 1. The van der Waals surface area contributed by atoms with Crippen LogP contribution in [-0.2, 0) is 5.67 Å². The molecule has 2 aliphatic rings. The number of alkyl halides is 1. The molecule has 0 bridgehead atoms. The Morgan fingerprint density at radius 1 is 1.31 bits per heavy atom. The largest absolute Gasteiger partial charge is 0.497 e. The number of nitrogens with zero attached hydrogens (tertiary/aromatic N) is 3. The van der Waals surface area contributed by atoms with Crippen LogP contribution in [0.25, 0.3) is 0 Å². The number of benzene rings is 1. The summed E-state index contributed by atoms with van der Waals surface area (Å²) in [5.41, 5.74) is 0.598. The fraction of sp³-hybridized carbons (Fsp3) is 0.450. The molecule has 1 saturated heterocycles. The van der Waals surface area contributed by atoms with E-state index in [2.05, 4.69) is 9.97 Å². The van der Waals surface area contributed by atoms with Crippen LogP contribution >= 0.6 is 0 Å². The molecule has 5 nitrogen and oxygen atoms in total.